The standard InChI is InChI=1S/C18H28N2O.ClH/c1-14(2)16-9-6-15(7-10-16)8-11-18(21)20-12-4-5-17(20)13-19-3;/h6-7,9-10,14,17,19H,4-5,8,11-13H2,1-3H3;1H. The van der Waals surface area contributed by atoms with E-state index in [1.807, 2.05) is 7.05 Å². The number of hydrogen-bond acceptors (Lipinski definition) is 2. The molecule has 1 heterocycles. The molecule has 3 nitrogen and oxygen atoms in total. The monoisotopic (exact) mass is 324 g/mol. The van der Waals surface area contributed by atoms with Crippen molar-refractivity contribution in [2.45, 2.75) is 51.5 Å². The highest BCUT2D eigenvalue weighted by Crippen LogP contribution is 2.19. The highest BCUT2D eigenvalue weighted by molar-refractivity contribution is 5.85. The second-order valence-corrected chi connectivity index (χ2v) is 6.34. The van der Waals surface area contributed by atoms with E-state index in [2.05, 4.69) is 48.3 Å². The number of amides is 1. The van der Waals surface area contributed by atoms with Gasteiger partial charge in [-0.15, -0.1) is 12.4 Å². The maximum Gasteiger partial charge on any atom is 0.223 e. The molecule has 0 aromatic heterocycles. The van der Waals surface area contributed by atoms with E-state index in [4.69, 9.17) is 0 Å². The van der Waals surface area contributed by atoms with Crippen LogP contribution in [0.1, 0.15) is 50.2 Å². The molecule has 1 aromatic carbocycles. The maximum absolute atomic E-state index is 12.4. The zero-order chi connectivity index (χ0) is 15.2. The minimum Gasteiger partial charge on any atom is -0.338 e. The molecule has 0 aliphatic carbocycles. The van der Waals surface area contributed by atoms with Crippen LogP contribution < -0.4 is 5.32 Å². The Labute approximate surface area is 140 Å². The number of likely N-dealkylation sites (N-methyl/N-ethyl adjacent to an activating group) is 1. The van der Waals surface area contributed by atoms with E-state index in [0.29, 0.717) is 24.3 Å². The largest absolute Gasteiger partial charge is 0.338 e. The second-order valence-electron chi connectivity index (χ2n) is 6.34. The lowest BCUT2D eigenvalue weighted by Gasteiger charge is -2.24. The number of likely N-dealkylation sites (tertiary alicyclic amines) is 1. The Morgan fingerprint density at radius 1 is 1.32 bits per heavy atom. The van der Waals surface area contributed by atoms with Gasteiger partial charge < -0.3 is 10.2 Å². The molecule has 22 heavy (non-hydrogen) atoms. The first-order chi connectivity index (χ1) is 10.1. The lowest BCUT2D eigenvalue weighted by Crippen LogP contribution is -2.40. The van der Waals surface area contributed by atoms with Crippen LogP contribution in [0.15, 0.2) is 24.3 Å². The molecule has 1 amide bonds. The summed E-state index contributed by atoms with van der Waals surface area (Å²) >= 11 is 0. The fourth-order valence-electron chi connectivity index (χ4n) is 3.08. The topological polar surface area (TPSA) is 32.3 Å². The Morgan fingerprint density at radius 2 is 2.00 bits per heavy atom. The van der Waals surface area contributed by atoms with Crippen LogP contribution in [0.4, 0.5) is 0 Å². The molecule has 2 rings (SSSR count). The van der Waals surface area contributed by atoms with Crippen LogP contribution in [-0.4, -0.2) is 37.0 Å². The minimum absolute atomic E-state index is 0. The molecule has 1 N–H and O–H groups in total. The molecule has 1 aromatic rings. The first-order valence-electron chi connectivity index (χ1n) is 8.14. The van der Waals surface area contributed by atoms with E-state index < -0.39 is 0 Å². The summed E-state index contributed by atoms with van der Waals surface area (Å²) in [6.07, 6.45) is 3.75. The fraction of sp³-hybridized carbons (Fsp3) is 0.611. The van der Waals surface area contributed by atoms with E-state index in [-0.39, 0.29) is 12.4 Å². The van der Waals surface area contributed by atoms with Crippen molar-refractivity contribution < 1.29 is 4.79 Å². The average molecular weight is 325 g/mol. The number of aryl methyl sites for hydroxylation is 1. The van der Waals surface area contributed by atoms with Crippen LogP contribution in [-0.2, 0) is 11.2 Å². The summed E-state index contributed by atoms with van der Waals surface area (Å²) in [5.41, 5.74) is 2.62. The van der Waals surface area contributed by atoms with Gasteiger partial charge in [-0.1, -0.05) is 38.1 Å². The van der Waals surface area contributed by atoms with Gasteiger partial charge in [-0.2, -0.15) is 0 Å². The van der Waals surface area contributed by atoms with Crippen molar-refractivity contribution in [3.8, 4) is 0 Å². The van der Waals surface area contributed by atoms with E-state index in [0.717, 1.165) is 32.4 Å². The SMILES string of the molecule is CNCC1CCCN1C(=O)CCc1ccc(C(C)C)cc1.Cl. The van der Waals surface area contributed by atoms with E-state index in [1.165, 1.54) is 11.1 Å². The van der Waals surface area contributed by atoms with Gasteiger partial charge in [0, 0.05) is 25.6 Å². The molecule has 1 aliphatic heterocycles. The van der Waals surface area contributed by atoms with Gasteiger partial charge in [0.05, 0.1) is 0 Å². The molecule has 1 atom stereocenters. The summed E-state index contributed by atoms with van der Waals surface area (Å²) < 4.78 is 0. The lowest BCUT2D eigenvalue weighted by molar-refractivity contribution is -0.131. The van der Waals surface area contributed by atoms with E-state index in [9.17, 15) is 4.79 Å². The molecule has 124 valence electrons. The van der Waals surface area contributed by atoms with Crippen molar-refractivity contribution in [3.63, 3.8) is 0 Å². The van der Waals surface area contributed by atoms with Gasteiger partial charge in [0.25, 0.3) is 0 Å². The molecular formula is C18H29ClN2O. The Bertz CT molecular complexity index is 459. The summed E-state index contributed by atoms with van der Waals surface area (Å²) in [7, 11) is 1.96. The zero-order valence-corrected chi connectivity index (χ0v) is 14.8. The summed E-state index contributed by atoms with van der Waals surface area (Å²) in [6, 6.07) is 9.09. The number of carbonyl (C=O) groups excluding carboxylic acids is 1. The molecule has 0 saturated carbocycles. The summed E-state index contributed by atoms with van der Waals surface area (Å²) in [6.45, 7) is 6.24. The molecule has 4 heteroatoms. The molecule has 0 spiro atoms. The Morgan fingerprint density at radius 3 is 2.59 bits per heavy atom. The highest BCUT2D eigenvalue weighted by atomic mass is 35.5. The van der Waals surface area contributed by atoms with Crippen LogP contribution in [0.2, 0.25) is 0 Å². The lowest BCUT2D eigenvalue weighted by atomic mass is 10.00. The van der Waals surface area contributed by atoms with Crippen molar-refractivity contribution in [1.29, 1.82) is 0 Å². The van der Waals surface area contributed by atoms with Gasteiger partial charge in [-0.3, -0.25) is 4.79 Å². The number of nitrogens with one attached hydrogen (secondary N) is 1. The quantitative estimate of drug-likeness (QED) is 0.870. The second kappa shape index (κ2) is 9.16. The minimum atomic E-state index is 0. The molecule has 1 aliphatic rings. The molecule has 1 fully saturated rings. The summed E-state index contributed by atoms with van der Waals surface area (Å²) in [5.74, 6) is 0.869. The van der Waals surface area contributed by atoms with Crippen molar-refractivity contribution in [2.24, 2.45) is 0 Å². The predicted octanol–water partition coefficient (Wildman–Crippen LogP) is 3.37. The molecule has 0 bridgehead atoms. The van der Waals surface area contributed by atoms with Crippen LogP contribution in [0, 0.1) is 0 Å². The Kier molecular flexibility index (Phi) is 7.91. The van der Waals surface area contributed by atoms with E-state index in [1.54, 1.807) is 0 Å². The maximum atomic E-state index is 12.4. The van der Waals surface area contributed by atoms with E-state index >= 15 is 0 Å². The number of halogens is 1. The fourth-order valence-corrected chi connectivity index (χ4v) is 3.08. The predicted molar refractivity (Wildman–Crippen MR) is 94.8 cm³/mol. The third-order valence-corrected chi connectivity index (χ3v) is 4.41. The number of carbonyl (C=O) groups is 1. The van der Waals surface area contributed by atoms with Gasteiger partial charge in [-0.05, 0) is 43.4 Å². The van der Waals surface area contributed by atoms with Crippen LogP contribution in [0.5, 0.6) is 0 Å². The van der Waals surface area contributed by atoms with Gasteiger partial charge in [0.15, 0.2) is 0 Å². The molecular weight excluding hydrogens is 296 g/mol. The summed E-state index contributed by atoms with van der Waals surface area (Å²) in [5, 5.41) is 3.19. The first kappa shape index (κ1) is 19.0. The highest BCUT2D eigenvalue weighted by Gasteiger charge is 2.27. The van der Waals surface area contributed by atoms with Crippen LogP contribution in [0.3, 0.4) is 0 Å². The number of rotatable bonds is 6. The third kappa shape index (κ3) is 4.99. The molecule has 1 unspecified atom stereocenters. The number of benzene rings is 1. The van der Waals surface area contributed by atoms with Crippen molar-refractivity contribution in [2.75, 3.05) is 20.1 Å². The van der Waals surface area contributed by atoms with Crippen LogP contribution in [0.25, 0.3) is 0 Å². The van der Waals surface area contributed by atoms with Gasteiger partial charge in [-0.25, -0.2) is 0 Å². The third-order valence-electron chi connectivity index (χ3n) is 4.41. The Balaban J connectivity index is 0.00000242. The zero-order valence-electron chi connectivity index (χ0n) is 14.0. The number of hydrogen-bond donors (Lipinski definition) is 1. The molecule has 1 saturated heterocycles. The molecule has 0 radical (unpaired) electrons. The smallest absolute Gasteiger partial charge is 0.223 e. The van der Waals surface area contributed by atoms with Crippen molar-refractivity contribution in [1.82, 2.24) is 10.2 Å². The first-order valence-corrected chi connectivity index (χ1v) is 8.14. The summed E-state index contributed by atoms with van der Waals surface area (Å²) in [4.78, 5) is 14.4. The van der Waals surface area contributed by atoms with Gasteiger partial charge >= 0.3 is 0 Å². The van der Waals surface area contributed by atoms with Gasteiger partial charge in [0.1, 0.15) is 0 Å². The van der Waals surface area contributed by atoms with Crippen molar-refractivity contribution >= 4 is 18.3 Å². The Hall–Kier alpha value is -1.06. The van der Waals surface area contributed by atoms with Crippen LogP contribution >= 0.6 is 12.4 Å². The average Bonchev–Trinajstić information content (AvgIpc) is 2.94. The number of nitrogens with zero attached hydrogens (tertiary/aromatic N) is 1. The van der Waals surface area contributed by atoms with Crippen molar-refractivity contribution in [3.05, 3.63) is 35.4 Å². The van der Waals surface area contributed by atoms with Gasteiger partial charge in [0.2, 0.25) is 5.91 Å². The normalized spacial score (nSPS) is 17.6.